The lowest BCUT2D eigenvalue weighted by Gasteiger charge is -2.17. The zero-order valence-electron chi connectivity index (χ0n) is 9.25. The largest absolute Gasteiger partial charge is 0.325 e. The first-order valence-electron chi connectivity index (χ1n) is 5.58. The molecular weight excluding hydrogens is 302 g/mol. The lowest BCUT2D eigenvalue weighted by Crippen LogP contribution is -2.23. The van der Waals surface area contributed by atoms with Gasteiger partial charge < -0.3 is 5.32 Å². The molecule has 1 amide bonds. The van der Waals surface area contributed by atoms with Crippen molar-refractivity contribution in [1.29, 1.82) is 0 Å². The molecule has 0 aliphatic heterocycles. The van der Waals surface area contributed by atoms with Crippen LogP contribution < -0.4 is 5.32 Å². The number of hydrogen-bond donors (Lipinski definition) is 1. The molecule has 1 aromatic carbocycles. The van der Waals surface area contributed by atoms with E-state index in [1.807, 2.05) is 12.1 Å². The smallest absolute Gasteiger partial charge is 0.227 e. The summed E-state index contributed by atoms with van der Waals surface area (Å²) in [6.07, 6.45) is 6.90. The third kappa shape index (κ3) is 3.33. The highest BCUT2D eigenvalue weighted by atomic mass is 79.9. The summed E-state index contributed by atoms with van der Waals surface area (Å²) >= 11 is 9.39. The van der Waals surface area contributed by atoms with Crippen LogP contribution >= 0.6 is 27.5 Å². The summed E-state index contributed by atoms with van der Waals surface area (Å²) in [5, 5.41) is 3.44. The molecule has 1 N–H and O–H groups in total. The van der Waals surface area contributed by atoms with Gasteiger partial charge in [-0.3, -0.25) is 4.79 Å². The van der Waals surface area contributed by atoms with E-state index in [2.05, 4.69) is 33.4 Å². The number of halogens is 2. The van der Waals surface area contributed by atoms with Gasteiger partial charge in [0.15, 0.2) is 0 Å². The minimum atomic E-state index is 0.0542. The second-order valence-electron chi connectivity index (χ2n) is 4.09. The molecule has 1 aromatic rings. The molecule has 2 rings (SSSR count). The summed E-state index contributed by atoms with van der Waals surface area (Å²) in [5.74, 6) is 0.123. The predicted molar refractivity (Wildman–Crippen MR) is 74.3 cm³/mol. The third-order valence-electron chi connectivity index (χ3n) is 2.83. The van der Waals surface area contributed by atoms with Crippen LogP contribution in [0.15, 0.2) is 34.8 Å². The lowest BCUT2D eigenvalue weighted by atomic mass is 9.93. The maximum Gasteiger partial charge on any atom is 0.227 e. The zero-order chi connectivity index (χ0) is 12.3. The summed E-state index contributed by atoms with van der Waals surface area (Å²) in [6, 6.07) is 5.45. The fraction of sp³-hybridized carbons (Fsp3) is 0.308. The van der Waals surface area contributed by atoms with Crippen molar-refractivity contribution in [2.45, 2.75) is 19.3 Å². The summed E-state index contributed by atoms with van der Waals surface area (Å²) < 4.78 is 0.904. The number of anilines is 1. The highest BCUT2D eigenvalue weighted by Crippen LogP contribution is 2.27. The number of rotatable bonds is 2. The fourth-order valence-corrected chi connectivity index (χ4v) is 2.58. The van der Waals surface area contributed by atoms with Gasteiger partial charge in [0.2, 0.25) is 5.91 Å². The first-order valence-corrected chi connectivity index (χ1v) is 6.75. The fourth-order valence-electron chi connectivity index (χ4n) is 1.86. The van der Waals surface area contributed by atoms with Gasteiger partial charge in [0.25, 0.3) is 0 Å². The van der Waals surface area contributed by atoms with Crippen molar-refractivity contribution in [3.05, 3.63) is 39.8 Å². The Bertz CT molecular complexity index is 459. The summed E-state index contributed by atoms with van der Waals surface area (Å²) in [4.78, 5) is 12.0. The highest BCUT2D eigenvalue weighted by Gasteiger charge is 2.19. The number of benzene rings is 1. The quantitative estimate of drug-likeness (QED) is 0.806. The number of carbonyl (C=O) groups excluding carboxylic acids is 1. The molecule has 1 unspecified atom stereocenters. The Labute approximate surface area is 114 Å². The normalized spacial score (nSPS) is 19.1. The average Bonchev–Trinajstić information content (AvgIpc) is 2.34. The van der Waals surface area contributed by atoms with Gasteiger partial charge in [0, 0.05) is 10.4 Å². The van der Waals surface area contributed by atoms with E-state index in [9.17, 15) is 4.79 Å². The lowest BCUT2D eigenvalue weighted by molar-refractivity contribution is -0.120. The van der Waals surface area contributed by atoms with E-state index in [0.717, 1.165) is 23.7 Å². The van der Waals surface area contributed by atoms with Crippen molar-refractivity contribution in [1.82, 2.24) is 0 Å². The van der Waals surface area contributed by atoms with Crippen LogP contribution in [0.25, 0.3) is 0 Å². The van der Waals surface area contributed by atoms with Gasteiger partial charge in [-0.2, -0.15) is 0 Å². The molecule has 0 bridgehead atoms. The minimum Gasteiger partial charge on any atom is -0.325 e. The van der Waals surface area contributed by atoms with Crippen molar-refractivity contribution < 1.29 is 4.79 Å². The van der Waals surface area contributed by atoms with Crippen LogP contribution in [-0.2, 0) is 4.79 Å². The van der Waals surface area contributed by atoms with Crippen LogP contribution in [0.3, 0.4) is 0 Å². The first kappa shape index (κ1) is 12.7. The Balaban J connectivity index is 2.05. The topological polar surface area (TPSA) is 29.1 Å². The van der Waals surface area contributed by atoms with E-state index in [1.165, 1.54) is 0 Å². The molecule has 1 aliphatic rings. The van der Waals surface area contributed by atoms with Crippen molar-refractivity contribution >= 4 is 39.1 Å². The summed E-state index contributed by atoms with van der Waals surface area (Å²) in [7, 11) is 0. The maximum absolute atomic E-state index is 12.0. The predicted octanol–water partition coefficient (Wildman–Crippen LogP) is 4.40. The number of allylic oxidation sites excluding steroid dienone is 2. The van der Waals surface area contributed by atoms with Gasteiger partial charge in [-0.1, -0.05) is 39.7 Å². The van der Waals surface area contributed by atoms with Crippen molar-refractivity contribution in [3.63, 3.8) is 0 Å². The van der Waals surface area contributed by atoms with E-state index in [0.29, 0.717) is 10.7 Å². The van der Waals surface area contributed by atoms with E-state index < -0.39 is 0 Å². The zero-order valence-corrected chi connectivity index (χ0v) is 11.6. The molecule has 0 spiro atoms. The van der Waals surface area contributed by atoms with Crippen molar-refractivity contribution in [3.8, 4) is 0 Å². The van der Waals surface area contributed by atoms with Gasteiger partial charge in [0.05, 0.1) is 10.7 Å². The van der Waals surface area contributed by atoms with Crippen molar-refractivity contribution in [2.24, 2.45) is 5.92 Å². The van der Waals surface area contributed by atoms with Crippen LogP contribution in [0.5, 0.6) is 0 Å². The second kappa shape index (κ2) is 5.69. The second-order valence-corrected chi connectivity index (χ2v) is 5.42. The number of carbonyl (C=O) groups is 1. The standard InChI is InChI=1S/C13H13BrClNO/c14-10-6-7-12(11(15)8-10)16-13(17)9-4-2-1-3-5-9/h1-2,6-9H,3-5H2,(H,16,17). The number of amides is 1. The van der Waals surface area contributed by atoms with Gasteiger partial charge in [0.1, 0.15) is 0 Å². The Kier molecular flexibility index (Phi) is 4.24. The number of hydrogen-bond acceptors (Lipinski definition) is 1. The molecule has 90 valence electrons. The van der Waals surface area contributed by atoms with Gasteiger partial charge >= 0.3 is 0 Å². The highest BCUT2D eigenvalue weighted by molar-refractivity contribution is 9.10. The molecule has 0 fully saturated rings. The average molecular weight is 315 g/mol. The maximum atomic E-state index is 12.0. The van der Waals surface area contributed by atoms with Crippen molar-refractivity contribution in [2.75, 3.05) is 5.32 Å². The van der Waals surface area contributed by atoms with Gasteiger partial charge in [-0.15, -0.1) is 0 Å². The number of nitrogens with one attached hydrogen (secondary N) is 1. The molecule has 0 saturated heterocycles. The van der Waals surface area contributed by atoms with Gasteiger partial charge in [-0.25, -0.2) is 0 Å². The Morgan fingerprint density at radius 2 is 2.24 bits per heavy atom. The molecule has 0 saturated carbocycles. The Morgan fingerprint density at radius 3 is 2.88 bits per heavy atom. The minimum absolute atomic E-state index is 0.0542. The van der Waals surface area contributed by atoms with E-state index >= 15 is 0 Å². The molecule has 0 radical (unpaired) electrons. The Morgan fingerprint density at radius 1 is 1.41 bits per heavy atom. The van der Waals surface area contributed by atoms with Crippen LogP contribution in [0.2, 0.25) is 5.02 Å². The van der Waals surface area contributed by atoms with E-state index in [4.69, 9.17) is 11.6 Å². The molecule has 4 heteroatoms. The van der Waals surface area contributed by atoms with E-state index in [1.54, 1.807) is 6.07 Å². The Hall–Kier alpha value is -0.800. The van der Waals surface area contributed by atoms with Crippen LogP contribution in [0, 0.1) is 5.92 Å². The molecule has 1 aliphatic carbocycles. The molecule has 17 heavy (non-hydrogen) atoms. The summed E-state index contributed by atoms with van der Waals surface area (Å²) in [6.45, 7) is 0. The van der Waals surface area contributed by atoms with Crippen LogP contribution in [-0.4, -0.2) is 5.91 Å². The first-order chi connectivity index (χ1) is 8.16. The molecule has 2 nitrogen and oxygen atoms in total. The van der Waals surface area contributed by atoms with Crippen LogP contribution in [0.4, 0.5) is 5.69 Å². The SMILES string of the molecule is O=C(Nc1ccc(Br)cc1Cl)C1CC=CCC1. The monoisotopic (exact) mass is 313 g/mol. The summed E-state index contributed by atoms with van der Waals surface area (Å²) in [5.41, 5.74) is 0.675. The van der Waals surface area contributed by atoms with E-state index in [-0.39, 0.29) is 11.8 Å². The molecule has 0 heterocycles. The molecular formula is C13H13BrClNO. The van der Waals surface area contributed by atoms with Gasteiger partial charge in [-0.05, 0) is 37.5 Å². The molecule has 1 atom stereocenters. The third-order valence-corrected chi connectivity index (χ3v) is 3.63. The van der Waals surface area contributed by atoms with Crippen LogP contribution in [0.1, 0.15) is 19.3 Å². The molecule has 0 aromatic heterocycles.